The fourth-order valence-electron chi connectivity index (χ4n) is 5.92. The molecule has 0 aliphatic carbocycles. The van der Waals surface area contributed by atoms with Crippen LogP contribution < -0.4 is 20.7 Å². The van der Waals surface area contributed by atoms with E-state index in [-0.39, 0.29) is 25.1 Å². The van der Waals surface area contributed by atoms with Crippen molar-refractivity contribution in [1.82, 2.24) is 9.13 Å². The van der Waals surface area contributed by atoms with Gasteiger partial charge in [0.25, 0.3) is 5.56 Å². The second-order valence-corrected chi connectivity index (χ2v) is 10.9. The number of hydrogen-bond donors (Lipinski definition) is 1. The first-order chi connectivity index (χ1) is 22.3. The van der Waals surface area contributed by atoms with Crippen molar-refractivity contribution in [2.24, 2.45) is 0 Å². The molecule has 1 N–H and O–H groups in total. The quantitative estimate of drug-likeness (QED) is 0.234. The molecular formula is C35H37N3O8. The molecule has 5 rings (SSSR count). The van der Waals surface area contributed by atoms with Gasteiger partial charge in [-0.2, -0.15) is 5.26 Å². The molecule has 0 bridgehead atoms. The molecule has 1 aliphatic heterocycles. The number of ether oxygens (including phenoxy) is 5. The van der Waals surface area contributed by atoms with Gasteiger partial charge in [-0.05, 0) is 47.9 Å². The molecular weight excluding hydrogens is 590 g/mol. The van der Waals surface area contributed by atoms with E-state index in [0.29, 0.717) is 11.5 Å². The molecule has 4 aromatic rings. The first-order valence-electron chi connectivity index (χ1n) is 14.8. The summed E-state index contributed by atoms with van der Waals surface area (Å²) in [7, 11) is 4.62. The van der Waals surface area contributed by atoms with Crippen molar-refractivity contribution in [2.45, 2.75) is 50.0 Å². The number of hydrogen-bond acceptors (Lipinski definition) is 9. The number of aryl methyl sites for hydroxylation is 1. The molecule has 46 heavy (non-hydrogen) atoms. The van der Waals surface area contributed by atoms with Crippen LogP contribution in [0.15, 0.2) is 94.6 Å². The van der Waals surface area contributed by atoms with Gasteiger partial charge in [-0.15, -0.1) is 0 Å². The van der Waals surface area contributed by atoms with Crippen LogP contribution in [0, 0.1) is 18.3 Å². The van der Waals surface area contributed by atoms with Crippen LogP contribution in [0.3, 0.4) is 0 Å². The minimum absolute atomic E-state index is 0.0186. The van der Waals surface area contributed by atoms with Gasteiger partial charge in [-0.3, -0.25) is 13.9 Å². The highest BCUT2D eigenvalue weighted by atomic mass is 16.6. The van der Waals surface area contributed by atoms with Crippen molar-refractivity contribution in [1.29, 1.82) is 5.26 Å². The second-order valence-electron chi connectivity index (χ2n) is 10.9. The Labute approximate surface area is 266 Å². The first kappa shape index (κ1) is 32.7. The van der Waals surface area contributed by atoms with Crippen LogP contribution in [0.5, 0.6) is 11.5 Å². The van der Waals surface area contributed by atoms with Crippen molar-refractivity contribution in [3.63, 3.8) is 0 Å². The molecule has 2 heterocycles. The molecule has 1 saturated heterocycles. The number of nitrogens with zero attached hydrogens (tertiary/aromatic N) is 3. The summed E-state index contributed by atoms with van der Waals surface area (Å²) in [4.78, 5) is 26.2. The molecule has 1 fully saturated rings. The maximum atomic E-state index is 13.4. The van der Waals surface area contributed by atoms with Crippen molar-refractivity contribution in [3.8, 4) is 17.6 Å². The highest BCUT2D eigenvalue weighted by molar-refractivity contribution is 5.49. The summed E-state index contributed by atoms with van der Waals surface area (Å²) in [5, 5.41) is 20.5. The lowest BCUT2D eigenvalue weighted by molar-refractivity contribution is -0.0970. The third-order valence-electron chi connectivity index (χ3n) is 8.31. The molecule has 0 radical (unpaired) electrons. The number of aromatic nitrogens is 2. The molecule has 0 unspecified atom stereocenters. The fourth-order valence-corrected chi connectivity index (χ4v) is 5.92. The number of rotatable bonds is 12. The van der Waals surface area contributed by atoms with E-state index in [9.17, 15) is 14.7 Å². The molecule has 11 heteroatoms. The fraction of sp³-hybridized carbons (Fsp3) is 0.343. The zero-order valence-corrected chi connectivity index (χ0v) is 26.2. The number of aliphatic hydroxyl groups excluding tert-OH is 1. The highest BCUT2D eigenvalue weighted by Gasteiger charge is 2.48. The number of aliphatic hydroxyl groups is 1. The van der Waals surface area contributed by atoms with Crippen LogP contribution in [0.1, 0.15) is 34.9 Å². The zero-order chi connectivity index (χ0) is 32.8. The topological polar surface area (TPSA) is 134 Å². The van der Waals surface area contributed by atoms with Crippen LogP contribution in [-0.2, 0) is 26.4 Å². The molecule has 11 nitrogen and oxygen atoms in total. The summed E-state index contributed by atoms with van der Waals surface area (Å²) in [6.45, 7) is 1.40. The Kier molecular flexibility index (Phi) is 10.0. The Balaban J connectivity index is 1.57. The maximum Gasteiger partial charge on any atom is 0.333 e. The number of methoxy groups -OCH3 is 3. The summed E-state index contributed by atoms with van der Waals surface area (Å²) in [6, 6.07) is 26.8. The van der Waals surface area contributed by atoms with Crippen LogP contribution >= 0.6 is 0 Å². The largest absolute Gasteiger partial charge is 0.497 e. The Morgan fingerprint density at radius 2 is 1.46 bits per heavy atom. The van der Waals surface area contributed by atoms with Gasteiger partial charge in [0.05, 0.1) is 33.3 Å². The van der Waals surface area contributed by atoms with Gasteiger partial charge in [-0.1, -0.05) is 54.6 Å². The summed E-state index contributed by atoms with van der Waals surface area (Å²) in [6.07, 6.45) is -2.77. The predicted octanol–water partition coefficient (Wildman–Crippen LogP) is 3.53. The molecule has 1 aliphatic rings. The van der Waals surface area contributed by atoms with Gasteiger partial charge in [-0.25, -0.2) is 4.79 Å². The predicted molar refractivity (Wildman–Crippen MR) is 169 cm³/mol. The van der Waals surface area contributed by atoms with Gasteiger partial charge < -0.3 is 28.8 Å². The van der Waals surface area contributed by atoms with Crippen molar-refractivity contribution in [3.05, 3.63) is 128 Å². The van der Waals surface area contributed by atoms with Crippen LogP contribution in [0.2, 0.25) is 0 Å². The minimum Gasteiger partial charge on any atom is -0.497 e. The standard InChI is InChI=1S/C35H37N3O8/c1-23-21-38(34(41)37(32(23)40)20-8-19-36)33-31(44-4)30(39)29(46-33)22-45-35(24-9-6-5-7-10-24,25-11-15-27(42-2)16-12-25)26-13-17-28(43-3)18-14-26/h5-7,9-18,21,29-31,33,39H,8,20,22H2,1-4H3/t29-,30-,31-,33-/m1/s1. The van der Waals surface area contributed by atoms with E-state index in [0.717, 1.165) is 21.3 Å². The van der Waals surface area contributed by atoms with E-state index >= 15 is 0 Å². The van der Waals surface area contributed by atoms with Gasteiger partial charge >= 0.3 is 5.69 Å². The second kappa shape index (κ2) is 14.1. The lowest BCUT2D eigenvalue weighted by Gasteiger charge is -2.37. The molecule has 0 spiro atoms. The van der Waals surface area contributed by atoms with Crippen LogP contribution in [0.25, 0.3) is 0 Å². The lowest BCUT2D eigenvalue weighted by atomic mass is 9.80. The van der Waals surface area contributed by atoms with Crippen LogP contribution in [0.4, 0.5) is 0 Å². The number of nitriles is 1. The average molecular weight is 628 g/mol. The van der Waals surface area contributed by atoms with E-state index < -0.39 is 41.4 Å². The summed E-state index contributed by atoms with van der Waals surface area (Å²) in [5.74, 6) is 1.36. The van der Waals surface area contributed by atoms with E-state index in [1.807, 2.05) is 84.9 Å². The van der Waals surface area contributed by atoms with Crippen LogP contribution in [-0.4, -0.2) is 60.5 Å². The van der Waals surface area contributed by atoms with E-state index in [2.05, 4.69) is 0 Å². The van der Waals surface area contributed by atoms with Crippen molar-refractivity contribution >= 4 is 0 Å². The average Bonchev–Trinajstić information content (AvgIpc) is 3.42. The maximum absolute atomic E-state index is 13.4. The normalized spacial score (nSPS) is 19.5. The first-order valence-corrected chi connectivity index (χ1v) is 14.8. The summed E-state index contributed by atoms with van der Waals surface area (Å²) >= 11 is 0. The van der Waals surface area contributed by atoms with E-state index in [4.69, 9.17) is 28.9 Å². The third-order valence-corrected chi connectivity index (χ3v) is 8.31. The van der Waals surface area contributed by atoms with Gasteiger partial charge in [0.1, 0.15) is 35.4 Å². The van der Waals surface area contributed by atoms with Crippen molar-refractivity contribution in [2.75, 3.05) is 27.9 Å². The SMILES string of the molecule is COc1ccc(C(OC[C@H]2O[C@@H](n3cc(C)c(=O)n(CCC#N)c3=O)[C@H](OC)[C@@H]2O)(c2ccccc2)c2ccc(OC)cc2)cc1. The lowest BCUT2D eigenvalue weighted by Crippen LogP contribution is -2.44. The molecule has 240 valence electrons. The van der Waals surface area contributed by atoms with E-state index in [1.54, 1.807) is 21.1 Å². The summed E-state index contributed by atoms with van der Waals surface area (Å²) < 4.78 is 32.0. The Morgan fingerprint density at radius 3 is 1.98 bits per heavy atom. The monoisotopic (exact) mass is 627 g/mol. The summed E-state index contributed by atoms with van der Waals surface area (Å²) in [5.41, 5.74) is 0.391. The van der Waals surface area contributed by atoms with Gasteiger partial charge in [0.15, 0.2) is 6.23 Å². The van der Waals surface area contributed by atoms with Gasteiger partial charge in [0, 0.05) is 25.4 Å². The smallest absolute Gasteiger partial charge is 0.333 e. The number of benzene rings is 3. The van der Waals surface area contributed by atoms with Gasteiger partial charge in [0.2, 0.25) is 0 Å². The zero-order valence-electron chi connectivity index (χ0n) is 26.2. The van der Waals surface area contributed by atoms with Crippen molar-refractivity contribution < 1.29 is 28.8 Å². The van der Waals surface area contributed by atoms with E-state index in [1.165, 1.54) is 17.9 Å². The molecule has 0 saturated carbocycles. The Bertz CT molecular complexity index is 1730. The minimum atomic E-state index is -1.19. The molecule has 3 aromatic carbocycles. The molecule has 4 atom stereocenters. The Morgan fingerprint density at radius 1 is 0.891 bits per heavy atom. The third kappa shape index (κ3) is 6.08. The highest BCUT2D eigenvalue weighted by Crippen LogP contribution is 2.43. The molecule has 0 amide bonds. The Hall–Kier alpha value is -4.73. The molecule has 1 aromatic heterocycles.